The molecular formula is C22H26O5. The third-order valence-electron chi connectivity index (χ3n) is 7.52. The molecule has 3 fully saturated rings. The van der Waals surface area contributed by atoms with E-state index in [9.17, 15) is 9.59 Å². The number of carbonyl (C=O) groups is 2. The Bertz CT molecular complexity index is 809. The van der Waals surface area contributed by atoms with Gasteiger partial charge in [0.2, 0.25) is 0 Å². The summed E-state index contributed by atoms with van der Waals surface area (Å²) in [4.78, 5) is 24.6. The minimum absolute atomic E-state index is 0.0465. The smallest absolute Gasteiger partial charge is 0.308 e. The van der Waals surface area contributed by atoms with Crippen molar-refractivity contribution >= 4 is 11.8 Å². The van der Waals surface area contributed by atoms with E-state index >= 15 is 0 Å². The average molecular weight is 370 g/mol. The van der Waals surface area contributed by atoms with E-state index in [1.54, 1.807) is 0 Å². The predicted molar refractivity (Wildman–Crippen MR) is 97.4 cm³/mol. The molecule has 5 heteroatoms. The lowest BCUT2D eigenvalue weighted by Gasteiger charge is -2.51. The van der Waals surface area contributed by atoms with Crippen molar-refractivity contribution in [3.63, 3.8) is 0 Å². The van der Waals surface area contributed by atoms with Crippen LogP contribution < -0.4 is 4.74 Å². The highest BCUT2D eigenvalue weighted by Crippen LogP contribution is 2.65. The molecule has 3 aliphatic carbocycles. The SMILES string of the molecule is CC(=O)Oc1ccc2c(c1)CC[C@@H]1[C@@H]2C(=O)C[C@@]2(C)[C@H]1CCC21OCCO1. The number of benzene rings is 1. The van der Waals surface area contributed by atoms with Crippen molar-refractivity contribution in [2.45, 2.75) is 57.7 Å². The van der Waals surface area contributed by atoms with Crippen LogP contribution in [0.2, 0.25) is 0 Å². The molecule has 1 heterocycles. The molecule has 2 saturated carbocycles. The number of Topliss-reactive ketones (excluding diaryl/α,β-unsaturated/α-hetero) is 1. The second kappa shape index (κ2) is 5.89. The van der Waals surface area contributed by atoms with E-state index in [1.807, 2.05) is 18.2 Å². The van der Waals surface area contributed by atoms with Crippen LogP contribution >= 0.6 is 0 Å². The topological polar surface area (TPSA) is 61.8 Å². The molecule has 4 atom stereocenters. The van der Waals surface area contributed by atoms with Crippen molar-refractivity contribution in [1.29, 1.82) is 0 Å². The van der Waals surface area contributed by atoms with Gasteiger partial charge in [-0.25, -0.2) is 0 Å². The molecule has 0 bridgehead atoms. The van der Waals surface area contributed by atoms with Gasteiger partial charge in [-0.1, -0.05) is 13.0 Å². The minimum Gasteiger partial charge on any atom is -0.427 e. The zero-order valence-corrected chi connectivity index (χ0v) is 16.0. The van der Waals surface area contributed by atoms with Crippen LogP contribution in [0, 0.1) is 17.3 Å². The molecule has 0 aromatic heterocycles. The number of rotatable bonds is 1. The molecule has 5 rings (SSSR count). The van der Waals surface area contributed by atoms with Crippen LogP contribution in [0.15, 0.2) is 18.2 Å². The number of hydrogen-bond acceptors (Lipinski definition) is 5. The van der Waals surface area contributed by atoms with Gasteiger partial charge in [0.05, 0.1) is 13.2 Å². The van der Waals surface area contributed by atoms with Crippen LogP contribution in [0.5, 0.6) is 5.75 Å². The van der Waals surface area contributed by atoms with Gasteiger partial charge in [0.25, 0.3) is 0 Å². The van der Waals surface area contributed by atoms with Gasteiger partial charge in [-0.05, 0) is 54.4 Å². The van der Waals surface area contributed by atoms with Gasteiger partial charge >= 0.3 is 5.97 Å². The quantitative estimate of drug-likeness (QED) is 0.560. The standard InChI is InChI=1S/C22H26O5/c1-13(23)27-15-4-6-16-14(11-15)3-5-17-18-7-8-22(25-9-10-26-22)21(18,2)12-19(24)20(16)17/h4,6,11,17-18,20H,3,5,7-10,12H2,1-2H3/t17-,18-,20+,21-/m0/s1. The first-order valence-corrected chi connectivity index (χ1v) is 10.1. The Kier molecular flexibility index (Phi) is 3.79. The van der Waals surface area contributed by atoms with Gasteiger partial charge in [0.1, 0.15) is 11.5 Å². The van der Waals surface area contributed by atoms with Crippen LogP contribution in [-0.4, -0.2) is 30.8 Å². The molecule has 1 aromatic carbocycles. The second-order valence-corrected chi connectivity index (χ2v) is 8.79. The Morgan fingerprint density at radius 1 is 1.22 bits per heavy atom. The summed E-state index contributed by atoms with van der Waals surface area (Å²) in [6.07, 6.45) is 4.38. The maximum Gasteiger partial charge on any atom is 0.308 e. The third kappa shape index (κ3) is 2.37. The largest absolute Gasteiger partial charge is 0.427 e. The van der Waals surface area contributed by atoms with Gasteiger partial charge < -0.3 is 14.2 Å². The molecule has 1 aliphatic heterocycles. The molecule has 0 amide bonds. The fourth-order valence-corrected chi connectivity index (χ4v) is 6.48. The minimum atomic E-state index is -0.558. The number of ketones is 1. The summed E-state index contributed by atoms with van der Waals surface area (Å²) in [7, 11) is 0. The van der Waals surface area contributed by atoms with E-state index in [0.29, 0.717) is 43.0 Å². The molecule has 144 valence electrons. The summed E-state index contributed by atoms with van der Waals surface area (Å²) >= 11 is 0. The summed E-state index contributed by atoms with van der Waals surface area (Å²) in [6, 6.07) is 5.76. The molecule has 1 aromatic rings. The molecule has 1 saturated heterocycles. The zero-order chi connectivity index (χ0) is 18.8. The maximum atomic E-state index is 13.3. The Morgan fingerprint density at radius 3 is 2.74 bits per heavy atom. The van der Waals surface area contributed by atoms with Gasteiger partial charge in [-0.15, -0.1) is 0 Å². The number of ether oxygens (including phenoxy) is 3. The number of hydrogen-bond donors (Lipinski definition) is 0. The van der Waals surface area contributed by atoms with Gasteiger partial charge in [-0.2, -0.15) is 0 Å². The summed E-state index contributed by atoms with van der Waals surface area (Å²) in [6.45, 7) is 4.88. The van der Waals surface area contributed by atoms with Crippen molar-refractivity contribution in [2.75, 3.05) is 13.2 Å². The highest BCUT2D eigenvalue weighted by molar-refractivity contribution is 5.89. The first-order valence-electron chi connectivity index (χ1n) is 10.1. The lowest BCUT2D eigenvalue weighted by molar-refractivity contribution is -0.234. The molecule has 0 unspecified atom stereocenters. The Labute approximate surface area is 159 Å². The Morgan fingerprint density at radius 2 is 2.00 bits per heavy atom. The average Bonchev–Trinajstić information content (AvgIpc) is 3.20. The van der Waals surface area contributed by atoms with E-state index in [1.165, 1.54) is 6.92 Å². The summed E-state index contributed by atoms with van der Waals surface area (Å²) in [5, 5.41) is 0. The van der Waals surface area contributed by atoms with Crippen LogP contribution in [0.4, 0.5) is 0 Å². The highest BCUT2D eigenvalue weighted by Gasteiger charge is 2.66. The lowest BCUT2D eigenvalue weighted by Crippen LogP contribution is -2.54. The van der Waals surface area contributed by atoms with E-state index in [0.717, 1.165) is 36.8 Å². The maximum absolute atomic E-state index is 13.3. The molecule has 4 aliphatic rings. The second-order valence-electron chi connectivity index (χ2n) is 8.79. The van der Waals surface area contributed by atoms with Crippen LogP contribution in [-0.2, 0) is 25.5 Å². The van der Waals surface area contributed by atoms with Crippen LogP contribution in [0.25, 0.3) is 0 Å². The highest BCUT2D eigenvalue weighted by atomic mass is 16.7. The van der Waals surface area contributed by atoms with E-state index in [2.05, 4.69) is 6.92 Å². The van der Waals surface area contributed by atoms with E-state index in [-0.39, 0.29) is 17.3 Å². The summed E-state index contributed by atoms with van der Waals surface area (Å²) < 4.78 is 17.4. The third-order valence-corrected chi connectivity index (χ3v) is 7.52. The first-order chi connectivity index (χ1) is 12.9. The van der Waals surface area contributed by atoms with E-state index in [4.69, 9.17) is 14.2 Å². The van der Waals surface area contributed by atoms with Gasteiger partial charge in [0.15, 0.2) is 5.79 Å². The van der Waals surface area contributed by atoms with Gasteiger partial charge in [0, 0.05) is 31.1 Å². The fourth-order valence-electron chi connectivity index (χ4n) is 6.48. The van der Waals surface area contributed by atoms with Crippen molar-refractivity contribution in [1.82, 2.24) is 0 Å². The Balaban J connectivity index is 1.50. The molecule has 0 N–H and O–H groups in total. The molecule has 27 heavy (non-hydrogen) atoms. The molecule has 1 spiro atoms. The fraction of sp³-hybridized carbons (Fsp3) is 0.636. The van der Waals surface area contributed by atoms with Crippen LogP contribution in [0.3, 0.4) is 0 Å². The van der Waals surface area contributed by atoms with Crippen molar-refractivity contribution in [3.05, 3.63) is 29.3 Å². The van der Waals surface area contributed by atoms with Crippen LogP contribution in [0.1, 0.15) is 56.6 Å². The number of aryl methyl sites for hydroxylation is 1. The Hall–Kier alpha value is -1.72. The first kappa shape index (κ1) is 17.4. The number of carbonyl (C=O) groups excluding carboxylic acids is 2. The monoisotopic (exact) mass is 370 g/mol. The lowest BCUT2D eigenvalue weighted by atomic mass is 9.54. The predicted octanol–water partition coefficient (Wildman–Crippen LogP) is 3.39. The molecule has 0 radical (unpaired) electrons. The number of esters is 1. The summed E-state index contributed by atoms with van der Waals surface area (Å²) in [5.74, 6) is 0.740. The number of fused-ring (bicyclic) bond motifs is 6. The van der Waals surface area contributed by atoms with Crippen molar-refractivity contribution in [2.24, 2.45) is 17.3 Å². The normalized spacial score (nSPS) is 36.2. The zero-order valence-electron chi connectivity index (χ0n) is 16.0. The van der Waals surface area contributed by atoms with Crippen molar-refractivity contribution < 1.29 is 23.8 Å². The van der Waals surface area contributed by atoms with Gasteiger partial charge in [-0.3, -0.25) is 9.59 Å². The van der Waals surface area contributed by atoms with E-state index < -0.39 is 5.79 Å². The molecular weight excluding hydrogens is 344 g/mol. The summed E-state index contributed by atoms with van der Waals surface area (Å²) in [5.41, 5.74) is 2.05. The van der Waals surface area contributed by atoms with Crippen molar-refractivity contribution in [3.8, 4) is 5.75 Å². The molecule has 5 nitrogen and oxygen atoms in total.